The van der Waals surface area contributed by atoms with E-state index < -0.39 is 86.7 Å². The van der Waals surface area contributed by atoms with E-state index in [1.54, 1.807) is 0 Å². The fourth-order valence-corrected chi connectivity index (χ4v) is 9.40. The minimum atomic E-state index is -1.72. The second kappa shape index (κ2) is 50.9. The van der Waals surface area contributed by atoms with E-state index in [2.05, 4.69) is 98.9 Å². The maximum atomic E-state index is 13.1. The molecule has 0 amide bonds. The molecular formula is C65H112O14. The van der Waals surface area contributed by atoms with Gasteiger partial charge in [-0.1, -0.05) is 208 Å². The van der Waals surface area contributed by atoms with Crippen LogP contribution in [0, 0.1) is 0 Å². The predicted octanol–water partition coefficient (Wildman–Crippen LogP) is 12.0. The van der Waals surface area contributed by atoms with Gasteiger partial charge in [0.05, 0.1) is 26.4 Å². The lowest BCUT2D eigenvalue weighted by Crippen LogP contribution is -2.61. The van der Waals surface area contributed by atoms with Gasteiger partial charge >= 0.3 is 5.97 Å². The number of ether oxygens (including phenoxy) is 6. The topological polar surface area (TPSA) is 214 Å². The number of hydrogen-bond donors (Lipinski definition) is 7. The Kier molecular flexibility index (Phi) is 46.5. The van der Waals surface area contributed by atoms with Gasteiger partial charge in [-0.2, -0.15) is 0 Å². The van der Waals surface area contributed by atoms with Crippen LogP contribution in [0.4, 0.5) is 0 Å². The van der Waals surface area contributed by atoms with Crippen molar-refractivity contribution in [1.82, 2.24) is 0 Å². The lowest BCUT2D eigenvalue weighted by atomic mass is 9.98. The van der Waals surface area contributed by atoms with Crippen LogP contribution in [-0.4, -0.2) is 142 Å². The highest BCUT2D eigenvalue weighted by atomic mass is 16.7. The Morgan fingerprint density at radius 3 is 1.30 bits per heavy atom. The van der Waals surface area contributed by atoms with E-state index >= 15 is 0 Å². The zero-order valence-electron chi connectivity index (χ0n) is 49.1. The summed E-state index contributed by atoms with van der Waals surface area (Å²) in [5, 5.41) is 72.4. The highest BCUT2D eigenvalue weighted by Gasteiger charge is 2.47. The molecule has 0 aromatic carbocycles. The monoisotopic (exact) mass is 1120 g/mol. The maximum absolute atomic E-state index is 13.1. The van der Waals surface area contributed by atoms with Gasteiger partial charge in [0, 0.05) is 13.0 Å². The average molecular weight is 1120 g/mol. The molecule has 0 aromatic heterocycles. The van der Waals surface area contributed by atoms with Crippen LogP contribution in [0.25, 0.3) is 0 Å². The fourth-order valence-electron chi connectivity index (χ4n) is 9.40. The fraction of sp³-hybridized carbons (Fsp3) is 0.769. The summed E-state index contributed by atoms with van der Waals surface area (Å²) >= 11 is 0. The van der Waals surface area contributed by atoms with Crippen molar-refractivity contribution < 1.29 is 69.0 Å². The molecule has 14 heteroatoms. The number of unbranched alkanes of at least 4 members (excludes halogenated alkanes) is 22. The molecule has 2 fully saturated rings. The SMILES string of the molecule is CC/C=C\C/C=C\C/C=C\C/C=C\C/C=C\C/C=C\CCCCC(=O)OC(COCCCCCCCCCCCCCC/C=C\CCCCCCCCCC)COC1OC(COC2OC(CO)C(O)C(O)C2O)C(O)C(O)C1O. The zero-order chi connectivity index (χ0) is 57.2. The van der Waals surface area contributed by atoms with E-state index in [4.69, 9.17) is 28.4 Å². The van der Waals surface area contributed by atoms with Gasteiger partial charge in [-0.25, -0.2) is 0 Å². The molecule has 79 heavy (non-hydrogen) atoms. The molecule has 2 heterocycles. The third-order valence-corrected chi connectivity index (χ3v) is 14.4. The van der Waals surface area contributed by atoms with Crippen LogP contribution >= 0.6 is 0 Å². The number of hydrogen-bond acceptors (Lipinski definition) is 14. The summed E-state index contributed by atoms with van der Waals surface area (Å²) in [6.07, 6.45) is 50.8. The molecule has 2 saturated heterocycles. The molecule has 0 saturated carbocycles. The highest BCUT2D eigenvalue weighted by Crippen LogP contribution is 2.27. The summed E-state index contributed by atoms with van der Waals surface area (Å²) in [5.74, 6) is -0.418. The van der Waals surface area contributed by atoms with Crippen LogP contribution in [-0.2, 0) is 33.2 Å². The molecule has 2 rings (SSSR count). The quantitative estimate of drug-likeness (QED) is 0.0172. The van der Waals surface area contributed by atoms with Gasteiger partial charge in [0.2, 0.25) is 0 Å². The Labute approximate surface area is 478 Å². The van der Waals surface area contributed by atoms with Crippen molar-refractivity contribution in [3.8, 4) is 0 Å². The summed E-state index contributed by atoms with van der Waals surface area (Å²) < 4.78 is 34.4. The van der Waals surface area contributed by atoms with Crippen LogP contribution in [0.15, 0.2) is 85.1 Å². The first-order valence-electron chi connectivity index (χ1n) is 31.2. The van der Waals surface area contributed by atoms with Crippen molar-refractivity contribution in [2.45, 2.75) is 287 Å². The minimum absolute atomic E-state index is 0.0397. The number of esters is 1. The number of carbonyl (C=O) groups is 1. The van der Waals surface area contributed by atoms with Gasteiger partial charge in [0.15, 0.2) is 12.6 Å². The minimum Gasteiger partial charge on any atom is -0.457 e. The second-order valence-electron chi connectivity index (χ2n) is 21.5. The standard InChI is InChI=1S/C65H112O14/c1-3-5-7-9-11-13-15-17-19-21-23-25-26-27-29-31-33-35-37-39-41-43-45-47-49-74-51-54(52-75-64-63(73)61(71)59(69)56(79-64)53-76-65-62(72)60(70)58(68)55(50-66)78-65)77-57(67)48-46-44-42-40-38-36-34-32-30-28-24-22-20-18-16-14-12-10-8-6-4-2/h6,8,12,14,18,20-21,23-24,28,32,34,38,40,54-56,58-66,68-73H,3-5,7,9-11,13,15-17,19,22,25-27,29-31,33,35-37,39,41-53H2,1-2H3/b8-6-,14-12-,20-18-,23-21-,28-24-,34-32-,40-38-. The van der Waals surface area contributed by atoms with Crippen molar-refractivity contribution in [1.29, 1.82) is 0 Å². The van der Waals surface area contributed by atoms with Crippen molar-refractivity contribution in [2.24, 2.45) is 0 Å². The van der Waals surface area contributed by atoms with Gasteiger partial charge < -0.3 is 64.2 Å². The molecule has 11 unspecified atom stereocenters. The van der Waals surface area contributed by atoms with Gasteiger partial charge in [-0.05, 0) is 89.9 Å². The Hall–Kier alpha value is -2.83. The lowest BCUT2D eigenvalue weighted by molar-refractivity contribution is -0.332. The summed E-state index contributed by atoms with van der Waals surface area (Å²) in [5.41, 5.74) is 0. The van der Waals surface area contributed by atoms with Crippen molar-refractivity contribution in [2.75, 3.05) is 33.0 Å². The summed E-state index contributed by atoms with van der Waals surface area (Å²) in [4.78, 5) is 13.1. The van der Waals surface area contributed by atoms with Crippen molar-refractivity contribution >= 4 is 5.97 Å². The van der Waals surface area contributed by atoms with Crippen molar-refractivity contribution in [3.63, 3.8) is 0 Å². The first-order chi connectivity index (χ1) is 38.6. The first kappa shape index (κ1) is 72.3. The van der Waals surface area contributed by atoms with Crippen LogP contribution in [0.3, 0.4) is 0 Å². The zero-order valence-corrected chi connectivity index (χ0v) is 49.1. The van der Waals surface area contributed by atoms with E-state index in [0.29, 0.717) is 13.0 Å². The largest absolute Gasteiger partial charge is 0.457 e. The number of rotatable bonds is 50. The number of allylic oxidation sites excluding steroid dienone is 14. The van der Waals surface area contributed by atoms with Gasteiger partial charge in [0.25, 0.3) is 0 Å². The van der Waals surface area contributed by atoms with Crippen LogP contribution in [0.1, 0.15) is 219 Å². The van der Waals surface area contributed by atoms with Crippen molar-refractivity contribution in [3.05, 3.63) is 85.1 Å². The van der Waals surface area contributed by atoms with Gasteiger partial charge in [-0.15, -0.1) is 0 Å². The molecule has 0 spiro atoms. The Morgan fingerprint density at radius 1 is 0.430 bits per heavy atom. The number of carbonyl (C=O) groups excluding carboxylic acids is 1. The Balaban J connectivity index is 1.71. The van der Waals surface area contributed by atoms with E-state index in [1.165, 1.54) is 122 Å². The third kappa shape index (κ3) is 37.1. The average Bonchev–Trinajstić information content (AvgIpc) is 3.45. The van der Waals surface area contributed by atoms with E-state index in [0.717, 1.165) is 70.6 Å². The predicted molar refractivity (Wildman–Crippen MR) is 316 cm³/mol. The number of aliphatic hydroxyl groups is 7. The van der Waals surface area contributed by atoms with Gasteiger partial charge in [-0.3, -0.25) is 4.79 Å². The maximum Gasteiger partial charge on any atom is 0.306 e. The van der Waals surface area contributed by atoms with Crippen LogP contribution in [0.2, 0.25) is 0 Å². The normalized spacial score (nSPS) is 24.6. The second-order valence-corrected chi connectivity index (χ2v) is 21.5. The third-order valence-electron chi connectivity index (χ3n) is 14.4. The summed E-state index contributed by atoms with van der Waals surface area (Å²) in [7, 11) is 0. The molecule has 2 aliphatic heterocycles. The van der Waals surface area contributed by atoms with E-state index in [1.807, 2.05) is 0 Å². The highest BCUT2D eigenvalue weighted by molar-refractivity contribution is 5.69. The molecule has 456 valence electrons. The number of aliphatic hydroxyl groups excluding tert-OH is 7. The summed E-state index contributed by atoms with van der Waals surface area (Å²) in [6.45, 7) is 3.53. The molecule has 11 atom stereocenters. The molecule has 0 aromatic rings. The smallest absolute Gasteiger partial charge is 0.306 e. The summed E-state index contributed by atoms with van der Waals surface area (Å²) in [6, 6.07) is 0. The lowest BCUT2D eigenvalue weighted by Gasteiger charge is -2.42. The van der Waals surface area contributed by atoms with E-state index in [-0.39, 0.29) is 19.6 Å². The molecular weight excluding hydrogens is 1000 g/mol. The molecule has 14 nitrogen and oxygen atoms in total. The van der Waals surface area contributed by atoms with Crippen LogP contribution in [0.5, 0.6) is 0 Å². The molecule has 2 aliphatic rings. The van der Waals surface area contributed by atoms with Gasteiger partial charge in [0.1, 0.15) is 54.9 Å². The Morgan fingerprint density at radius 2 is 0.823 bits per heavy atom. The Bertz CT molecular complexity index is 1630. The first-order valence-corrected chi connectivity index (χ1v) is 31.2. The molecule has 0 aliphatic carbocycles. The molecule has 0 radical (unpaired) electrons. The molecule has 7 N–H and O–H groups in total. The molecule has 0 bridgehead atoms. The van der Waals surface area contributed by atoms with Crippen LogP contribution < -0.4 is 0 Å². The van der Waals surface area contributed by atoms with E-state index in [9.17, 15) is 40.5 Å².